The van der Waals surface area contributed by atoms with E-state index >= 15 is 0 Å². The van der Waals surface area contributed by atoms with Crippen LogP contribution >= 0.6 is 0 Å². The largest absolute Gasteiger partial charge is 0.457 e. The van der Waals surface area contributed by atoms with E-state index in [-0.39, 0.29) is 17.9 Å². The van der Waals surface area contributed by atoms with Crippen LogP contribution in [-0.4, -0.2) is 29.1 Å². The standard InChI is InChI=1S/C26H27F3N2O4S/c1-5-36(33,34)25(3,4)17-9-10-23(35-19-8-6-7-18(14-19)26(27,28)29)22(15-17)21-13-16(2)31(32)24-20(21)11-12-30-24/h6-14,30,32H,5,15H2,1-4H3. The van der Waals surface area contributed by atoms with Crippen LogP contribution in [0.15, 0.2) is 77.4 Å². The van der Waals surface area contributed by atoms with E-state index < -0.39 is 26.3 Å². The van der Waals surface area contributed by atoms with Gasteiger partial charge in [-0.3, -0.25) is 5.21 Å². The number of ether oxygens (including phenoxy) is 1. The summed E-state index contributed by atoms with van der Waals surface area (Å²) in [6, 6.07) is 6.35. The Hall–Kier alpha value is -3.24. The average molecular weight is 521 g/mol. The number of hydrogen-bond acceptors (Lipinski definition) is 5. The van der Waals surface area contributed by atoms with Crippen molar-refractivity contribution in [1.29, 1.82) is 0 Å². The van der Waals surface area contributed by atoms with E-state index in [0.717, 1.165) is 17.2 Å². The van der Waals surface area contributed by atoms with Gasteiger partial charge in [-0.1, -0.05) is 19.1 Å². The maximum absolute atomic E-state index is 13.3. The van der Waals surface area contributed by atoms with E-state index in [1.807, 2.05) is 0 Å². The van der Waals surface area contributed by atoms with Crippen molar-refractivity contribution in [2.75, 3.05) is 10.8 Å². The van der Waals surface area contributed by atoms with Gasteiger partial charge >= 0.3 is 6.18 Å². The number of hydroxylamine groups is 1. The average Bonchev–Trinajstić information content (AvgIpc) is 3.31. The van der Waals surface area contributed by atoms with Crippen molar-refractivity contribution in [3.8, 4) is 5.75 Å². The number of halogens is 3. The maximum atomic E-state index is 13.3. The zero-order valence-electron chi connectivity index (χ0n) is 20.3. The fraction of sp³-hybridized carbons (Fsp3) is 0.308. The second kappa shape index (κ2) is 9.01. The third-order valence-corrected chi connectivity index (χ3v) is 9.24. The number of benzene rings is 1. The molecule has 4 rings (SSSR count). The van der Waals surface area contributed by atoms with Crippen molar-refractivity contribution >= 4 is 21.2 Å². The molecule has 0 saturated carbocycles. The quantitative estimate of drug-likeness (QED) is 0.476. The highest BCUT2D eigenvalue weighted by Gasteiger charge is 2.39. The molecule has 6 nitrogen and oxygen atoms in total. The molecule has 0 bridgehead atoms. The van der Waals surface area contributed by atoms with Crippen molar-refractivity contribution in [1.82, 2.24) is 4.98 Å². The third kappa shape index (κ3) is 4.51. The molecule has 0 atom stereocenters. The van der Waals surface area contributed by atoms with Crippen molar-refractivity contribution in [3.05, 3.63) is 88.5 Å². The van der Waals surface area contributed by atoms with Gasteiger partial charge in [-0.15, -0.1) is 0 Å². The van der Waals surface area contributed by atoms with Crippen LogP contribution in [0.25, 0.3) is 5.57 Å². The van der Waals surface area contributed by atoms with E-state index in [0.29, 0.717) is 39.6 Å². The second-order valence-electron chi connectivity index (χ2n) is 9.17. The van der Waals surface area contributed by atoms with Gasteiger partial charge in [0.05, 0.1) is 10.3 Å². The topological polar surface area (TPSA) is 82.6 Å². The summed E-state index contributed by atoms with van der Waals surface area (Å²) in [6.07, 6.45) is 2.31. The monoisotopic (exact) mass is 520 g/mol. The number of rotatable bonds is 5. The Kier molecular flexibility index (Phi) is 6.47. The summed E-state index contributed by atoms with van der Waals surface area (Å²) in [7, 11) is -3.47. The summed E-state index contributed by atoms with van der Waals surface area (Å²) in [5, 5.41) is 11.4. The van der Waals surface area contributed by atoms with E-state index in [1.165, 1.54) is 12.1 Å². The molecule has 1 aliphatic carbocycles. The van der Waals surface area contributed by atoms with Gasteiger partial charge in [0.15, 0.2) is 9.84 Å². The molecule has 0 fully saturated rings. The van der Waals surface area contributed by atoms with Gasteiger partial charge in [-0.2, -0.15) is 13.2 Å². The number of anilines is 1. The first-order valence-corrected chi connectivity index (χ1v) is 13.0. The summed E-state index contributed by atoms with van der Waals surface area (Å²) >= 11 is 0. The van der Waals surface area contributed by atoms with Gasteiger partial charge in [0.1, 0.15) is 17.3 Å². The molecule has 0 saturated heterocycles. The Balaban J connectivity index is 1.88. The summed E-state index contributed by atoms with van der Waals surface area (Å²) in [5.41, 5.74) is 2.20. The molecule has 2 heterocycles. The molecule has 1 aromatic heterocycles. The highest BCUT2D eigenvalue weighted by molar-refractivity contribution is 7.92. The molecular formula is C26H27F3N2O4S. The van der Waals surface area contributed by atoms with Gasteiger partial charge in [0.25, 0.3) is 0 Å². The lowest BCUT2D eigenvalue weighted by Crippen LogP contribution is -2.36. The molecular weight excluding hydrogens is 493 g/mol. The van der Waals surface area contributed by atoms with Gasteiger partial charge < -0.3 is 9.72 Å². The van der Waals surface area contributed by atoms with Crippen LogP contribution < -0.4 is 9.80 Å². The fourth-order valence-corrected chi connectivity index (χ4v) is 5.56. The van der Waals surface area contributed by atoms with Gasteiger partial charge in [-0.25, -0.2) is 13.5 Å². The number of hydrogen-bond donors (Lipinski definition) is 2. The van der Waals surface area contributed by atoms with Crippen LogP contribution in [-0.2, 0) is 16.0 Å². The molecule has 2 aliphatic rings. The summed E-state index contributed by atoms with van der Waals surface area (Å²) in [6.45, 7) is 6.58. The molecule has 36 heavy (non-hydrogen) atoms. The van der Waals surface area contributed by atoms with E-state index in [4.69, 9.17) is 4.74 Å². The number of nitrogens with one attached hydrogen (secondary N) is 1. The smallest absolute Gasteiger partial charge is 0.416 e. The summed E-state index contributed by atoms with van der Waals surface area (Å²) in [4.78, 5) is 2.98. The first-order valence-electron chi connectivity index (χ1n) is 11.3. The molecule has 0 radical (unpaired) electrons. The van der Waals surface area contributed by atoms with Crippen LogP contribution in [0.4, 0.5) is 19.0 Å². The number of nitrogens with zero attached hydrogens (tertiary/aromatic N) is 1. The van der Waals surface area contributed by atoms with Gasteiger partial charge in [0.2, 0.25) is 0 Å². The lowest BCUT2D eigenvalue weighted by atomic mass is 9.85. The molecule has 0 unspecified atom stereocenters. The summed E-state index contributed by atoms with van der Waals surface area (Å²) < 4.78 is 70.4. The van der Waals surface area contributed by atoms with Crippen LogP contribution in [0, 0.1) is 0 Å². The van der Waals surface area contributed by atoms with Crippen LogP contribution in [0.3, 0.4) is 0 Å². The Bertz CT molecular complexity index is 1430. The molecule has 0 spiro atoms. The van der Waals surface area contributed by atoms with Crippen molar-refractivity contribution in [2.45, 2.75) is 45.0 Å². The minimum absolute atomic E-state index is 0.000975. The minimum atomic E-state index is -4.53. The number of aromatic nitrogens is 1. The Morgan fingerprint density at radius 1 is 1.17 bits per heavy atom. The lowest BCUT2D eigenvalue weighted by Gasteiger charge is -2.32. The maximum Gasteiger partial charge on any atom is 0.416 e. The SMILES string of the molecule is CCS(=O)(=O)C(C)(C)C1=CC=C(Oc2cccc(C(F)(F)F)c2)C(=C2C=C(C)N(O)c3[nH]ccc32)C1. The number of sulfone groups is 1. The molecule has 192 valence electrons. The molecule has 1 aromatic carbocycles. The van der Waals surface area contributed by atoms with E-state index in [2.05, 4.69) is 4.98 Å². The van der Waals surface area contributed by atoms with Gasteiger partial charge in [0, 0.05) is 28.8 Å². The molecule has 1 aliphatic heterocycles. The molecule has 0 amide bonds. The predicted octanol–water partition coefficient (Wildman–Crippen LogP) is 6.41. The highest BCUT2D eigenvalue weighted by atomic mass is 32.2. The molecule has 2 N–H and O–H groups in total. The number of allylic oxidation sites excluding steroid dienone is 6. The number of aromatic amines is 1. The number of fused-ring (bicyclic) bond motifs is 1. The second-order valence-corrected chi connectivity index (χ2v) is 12.0. The van der Waals surface area contributed by atoms with Crippen molar-refractivity contribution in [3.63, 3.8) is 0 Å². The first-order chi connectivity index (χ1) is 16.8. The Morgan fingerprint density at radius 3 is 2.56 bits per heavy atom. The Labute approximate surface area is 208 Å². The first kappa shape index (κ1) is 25.8. The number of alkyl halides is 3. The molecule has 2 aromatic rings. The third-order valence-electron chi connectivity index (χ3n) is 6.66. The van der Waals surface area contributed by atoms with Crippen LogP contribution in [0.2, 0.25) is 0 Å². The predicted molar refractivity (Wildman–Crippen MR) is 132 cm³/mol. The number of H-pyrrole nitrogens is 1. The lowest BCUT2D eigenvalue weighted by molar-refractivity contribution is -0.137. The zero-order chi connectivity index (χ0) is 26.5. The van der Waals surface area contributed by atoms with Crippen LogP contribution in [0.1, 0.15) is 45.2 Å². The fourth-order valence-electron chi connectivity index (χ4n) is 4.30. The highest BCUT2D eigenvalue weighted by Crippen LogP contribution is 2.44. The minimum Gasteiger partial charge on any atom is -0.457 e. The van der Waals surface area contributed by atoms with Gasteiger partial charge in [-0.05, 0) is 74.8 Å². The zero-order valence-corrected chi connectivity index (χ0v) is 21.1. The van der Waals surface area contributed by atoms with Crippen molar-refractivity contribution < 1.29 is 31.5 Å². The van der Waals surface area contributed by atoms with E-state index in [1.54, 1.807) is 58.2 Å². The Morgan fingerprint density at radius 2 is 1.89 bits per heavy atom. The normalized spacial score (nSPS) is 18.9. The van der Waals surface area contributed by atoms with E-state index in [9.17, 15) is 26.8 Å². The molecule has 10 heteroatoms. The summed E-state index contributed by atoms with van der Waals surface area (Å²) in [5.74, 6) is 0.676. The van der Waals surface area contributed by atoms with Crippen molar-refractivity contribution in [2.24, 2.45) is 0 Å². The van der Waals surface area contributed by atoms with Crippen LogP contribution in [0.5, 0.6) is 5.75 Å².